The second-order valence-corrected chi connectivity index (χ2v) is 4.02. The number of nitro groups is 3. The lowest BCUT2D eigenvalue weighted by Crippen LogP contribution is -1.96. The lowest BCUT2D eigenvalue weighted by atomic mass is 10.0. The van der Waals surface area contributed by atoms with E-state index in [0.29, 0.717) is 0 Å². The zero-order valence-electron chi connectivity index (χ0n) is 10.3. The van der Waals surface area contributed by atoms with E-state index in [4.69, 9.17) is 0 Å². The average molecular weight is 289 g/mol. The van der Waals surface area contributed by atoms with Gasteiger partial charge in [0.1, 0.15) is 0 Å². The predicted molar refractivity (Wildman–Crippen MR) is 71.8 cm³/mol. The van der Waals surface area contributed by atoms with E-state index in [1.165, 1.54) is 30.3 Å². The number of rotatable bonds is 4. The number of nitro benzene ring substituents is 3. The smallest absolute Gasteiger partial charge is 0.258 e. The molecule has 9 nitrogen and oxygen atoms in total. The fourth-order valence-corrected chi connectivity index (χ4v) is 1.82. The maximum absolute atomic E-state index is 11.0. The molecule has 0 saturated heterocycles. The Morgan fingerprint density at radius 2 is 1.33 bits per heavy atom. The molecule has 2 aromatic carbocycles. The lowest BCUT2D eigenvalue weighted by Gasteiger charge is -2.03. The first-order chi connectivity index (χ1) is 9.90. The zero-order valence-corrected chi connectivity index (χ0v) is 10.3. The van der Waals surface area contributed by atoms with E-state index in [2.05, 4.69) is 0 Å². The molecule has 0 heterocycles. The van der Waals surface area contributed by atoms with Crippen LogP contribution >= 0.6 is 0 Å². The van der Waals surface area contributed by atoms with E-state index < -0.39 is 26.1 Å². The summed E-state index contributed by atoms with van der Waals surface area (Å²) >= 11 is 0. The van der Waals surface area contributed by atoms with Gasteiger partial charge in [-0.15, -0.1) is 0 Å². The fraction of sp³-hybridized carbons (Fsp3) is 0. The Morgan fingerprint density at radius 3 is 1.90 bits per heavy atom. The van der Waals surface area contributed by atoms with Gasteiger partial charge >= 0.3 is 0 Å². The molecule has 0 unspecified atom stereocenters. The molecule has 0 atom stereocenters. The first kappa shape index (κ1) is 14.1. The SMILES string of the molecule is O=[N+]([O-])c1cccc(-c2ccc([N+](=O)[O-])cc2[N+](=O)[O-])c1. The summed E-state index contributed by atoms with van der Waals surface area (Å²) in [7, 11) is 0. The standard InChI is InChI=1S/C12H7N3O6/c16-13(17)9-3-1-2-8(6-9)11-5-4-10(14(18)19)7-12(11)15(20)21/h1-7H. The molecule has 106 valence electrons. The van der Waals surface area contributed by atoms with E-state index in [1.807, 2.05) is 0 Å². The van der Waals surface area contributed by atoms with Gasteiger partial charge < -0.3 is 0 Å². The normalized spacial score (nSPS) is 10.1. The summed E-state index contributed by atoms with van der Waals surface area (Å²) in [6.45, 7) is 0. The number of non-ortho nitro benzene ring substituents is 2. The van der Waals surface area contributed by atoms with Crippen LogP contribution in [0.2, 0.25) is 0 Å². The fourth-order valence-electron chi connectivity index (χ4n) is 1.82. The van der Waals surface area contributed by atoms with Gasteiger partial charge in [-0.1, -0.05) is 12.1 Å². The average Bonchev–Trinajstić information content (AvgIpc) is 2.46. The molecule has 9 heteroatoms. The summed E-state index contributed by atoms with van der Waals surface area (Å²) in [5.74, 6) is 0. The molecule has 2 aromatic rings. The molecular weight excluding hydrogens is 282 g/mol. The molecule has 0 amide bonds. The largest absolute Gasteiger partial charge is 0.284 e. The highest BCUT2D eigenvalue weighted by Gasteiger charge is 2.21. The van der Waals surface area contributed by atoms with Gasteiger partial charge in [-0.25, -0.2) is 0 Å². The molecule has 0 spiro atoms. The van der Waals surface area contributed by atoms with Gasteiger partial charge in [0, 0.05) is 18.2 Å². The molecule has 0 fully saturated rings. The van der Waals surface area contributed by atoms with Crippen LogP contribution in [0.4, 0.5) is 17.1 Å². The van der Waals surface area contributed by atoms with Crippen LogP contribution in [0.25, 0.3) is 11.1 Å². The van der Waals surface area contributed by atoms with Crippen molar-refractivity contribution < 1.29 is 14.8 Å². The third kappa shape index (κ3) is 2.81. The van der Waals surface area contributed by atoms with Crippen LogP contribution in [0.1, 0.15) is 0 Å². The Kier molecular flexibility index (Phi) is 3.57. The molecule has 0 aliphatic heterocycles. The first-order valence-corrected chi connectivity index (χ1v) is 5.58. The van der Waals surface area contributed by atoms with Gasteiger partial charge in [0.15, 0.2) is 0 Å². The third-order valence-corrected chi connectivity index (χ3v) is 2.76. The summed E-state index contributed by atoms with van der Waals surface area (Å²) in [6, 6.07) is 8.42. The van der Waals surface area contributed by atoms with E-state index in [0.717, 1.165) is 12.1 Å². The van der Waals surface area contributed by atoms with Crippen LogP contribution in [0.5, 0.6) is 0 Å². The number of hydrogen-bond acceptors (Lipinski definition) is 6. The molecule has 0 saturated carbocycles. The van der Waals surface area contributed by atoms with Crippen molar-refractivity contribution in [1.29, 1.82) is 0 Å². The van der Waals surface area contributed by atoms with Gasteiger partial charge in [0.2, 0.25) is 0 Å². The second kappa shape index (κ2) is 5.33. The quantitative estimate of drug-likeness (QED) is 0.628. The number of benzene rings is 2. The lowest BCUT2D eigenvalue weighted by molar-refractivity contribution is -0.393. The molecule has 0 aliphatic rings. The Balaban J connectivity index is 2.63. The highest BCUT2D eigenvalue weighted by Crippen LogP contribution is 2.34. The van der Waals surface area contributed by atoms with Gasteiger partial charge in [-0.3, -0.25) is 30.3 Å². The summed E-state index contributed by atoms with van der Waals surface area (Å²) in [4.78, 5) is 30.3. The predicted octanol–water partition coefficient (Wildman–Crippen LogP) is 3.08. The molecule has 0 radical (unpaired) electrons. The highest BCUT2D eigenvalue weighted by atomic mass is 16.6. The van der Waals surface area contributed by atoms with Gasteiger partial charge in [-0.2, -0.15) is 0 Å². The zero-order chi connectivity index (χ0) is 15.6. The maximum Gasteiger partial charge on any atom is 0.284 e. The van der Waals surface area contributed by atoms with Crippen molar-refractivity contribution >= 4 is 17.1 Å². The number of hydrogen-bond donors (Lipinski definition) is 0. The molecule has 2 rings (SSSR count). The first-order valence-electron chi connectivity index (χ1n) is 5.58. The maximum atomic E-state index is 11.0. The van der Waals surface area contributed by atoms with Gasteiger partial charge in [-0.05, 0) is 11.6 Å². The third-order valence-electron chi connectivity index (χ3n) is 2.76. The minimum Gasteiger partial charge on any atom is -0.258 e. The highest BCUT2D eigenvalue weighted by molar-refractivity contribution is 5.76. The van der Waals surface area contributed by atoms with E-state index in [-0.39, 0.29) is 16.8 Å². The Morgan fingerprint density at radius 1 is 0.714 bits per heavy atom. The van der Waals surface area contributed by atoms with E-state index in [9.17, 15) is 30.3 Å². The molecule has 0 bridgehead atoms. The van der Waals surface area contributed by atoms with Crippen molar-refractivity contribution in [3.05, 3.63) is 72.8 Å². The van der Waals surface area contributed by atoms with Gasteiger partial charge in [0.05, 0.1) is 26.4 Å². The minimum absolute atomic E-state index is 0.0781. The Hall–Kier alpha value is -3.36. The van der Waals surface area contributed by atoms with Crippen LogP contribution in [0, 0.1) is 30.3 Å². The summed E-state index contributed by atoms with van der Waals surface area (Å²) < 4.78 is 0. The molecular formula is C12H7N3O6. The summed E-state index contributed by atoms with van der Waals surface area (Å²) in [5.41, 5.74) is -0.805. The molecule has 0 N–H and O–H groups in total. The van der Waals surface area contributed by atoms with Crippen LogP contribution in [-0.2, 0) is 0 Å². The van der Waals surface area contributed by atoms with Crippen LogP contribution in [0.3, 0.4) is 0 Å². The summed E-state index contributed by atoms with van der Waals surface area (Å²) in [6.07, 6.45) is 0. The van der Waals surface area contributed by atoms with Crippen molar-refractivity contribution in [3.8, 4) is 11.1 Å². The van der Waals surface area contributed by atoms with Crippen molar-refractivity contribution in [3.63, 3.8) is 0 Å². The van der Waals surface area contributed by atoms with Crippen molar-refractivity contribution in [2.45, 2.75) is 0 Å². The van der Waals surface area contributed by atoms with E-state index in [1.54, 1.807) is 0 Å². The van der Waals surface area contributed by atoms with Crippen molar-refractivity contribution in [2.24, 2.45) is 0 Å². The summed E-state index contributed by atoms with van der Waals surface area (Å²) in [5, 5.41) is 32.4. The molecule has 21 heavy (non-hydrogen) atoms. The van der Waals surface area contributed by atoms with Crippen LogP contribution < -0.4 is 0 Å². The number of nitrogens with zero attached hydrogens (tertiary/aromatic N) is 3. The van der Waals surface area contributed by atoms with E-state index >= 15 is 0 Å². The van der Waals surface area contributed by atoms with Gasteiger partial charge in [0.25, 0.3) is 17.1 Å². The molecule has 0 aromatic heterocycles. The topological polar surface area (TPSA) is 129 Å². The monoisotopic (exact) mass is 289 g/mol. The minimum atomic E-state index is -0.763. The van der Waals surface area contributed by atoms with Crippen molar-refractivity contribution in [1.82, 2.24) is 0 Å². The molecule has 0 aliphatic carbocycles. The Bertz CT molecular complexity index is 758. The van der Waals surface area contributed by atoms with Crippen LogP contribution in [0.15, 0.2) is 42.5 Å². The van der Waals surface area contributed by atoms with Crippen molar-refractivity contribution in [2.75, 3.05) is 0 Å². The Labute approximate surface area is 116 Å². The second-order valence-electron chi connectivity index (χ2n) is 4.02. The van der Waals surface area contributed by atoms with Crippen LogP contribution in [-0.4, -0.2) is 14.8 Å².